The molecule has 62 valence electrons. The molecular formula is C8H9N3O. The van der Waals surface area contributed by atoms with Crippen molar-refractivity contribution in [3.05, 3.63) is 18.2 Å². The van der Waals surface area contributed by atoms with E-state index in [0.29, 0.717) is 11.6 Å². The topological polar surface area (TPSA) is 51.8 Å². The van der Waals surface area contributed by atoms with E-state index in [1.54, 1.807) is 0 Å². The summed E-state index contributed by atoms with van der Waals surface area (Å²) < 4.78 is 4.97. The van der Waals surface area contributed by atoms with Crippen LogP contribution in [0.2, 0.25) is 0 Å². The van der Waals surface area contributed by atoms with Crippen molar-refractivity contribution in [1.29, 1.82) is 0 Å². The first-order valence-corrected chi connectivity index (χ1v) is 3.84. The van der Waals surface area contributed by atoms with Crippen molar-refractivity contribution in [2.45, 2.75) is 19.8 Å². The van der Waals surface area contributed by atoms with Crippen molar-refractivity contribution in [3.8, 4) is 0 Å². The lowest BCUT2D eigenvalue weighted by Crippen LogP contribution is -1.94. The first-order chi connectivity index (χ1) is 5.77. The van der Waals surface area contributed by atoms with Crippen LogP contribution in [0.15, 0.2) is 16.9 Å². The number of nitrogens with zero attached hydrogens (tertiary/aromatic N) is 3. The highest BCUT2D eigenvalue weighted by Crippen LogP contribution is 2.14. The third-order valence-corrected chi connectivity index (χ3v) is 1.71. The number of aromatic nitrogens is 3. The average molecular weight is 163 g/mol. The van der Waals surface area contributed by atoms with Gasteiger partial charge in [0, 0.05) is 0 Å². The van der Waals surface area contributed by atoms with E-state index in [1.807, 2.05) is 6.07 Å². The van der Waals surface area contributed by atoms with Crippen molar-refractivity contribution < 1.29 is 4.42 Å². The number of hydrogen-bond donors (Lipinski definition) is 0. The Labute approximate surface area is 69.6 Å². The molecule has 0 aliphatic carbocycles. The Hall–Kier alpha value is -1.45. The van der Waals surface area contributed by atoms with Crippen molar-refractivity contribution in [2.24, 2.45) is 0 Å². The molecule has 0 spiro atoms. The van der Waals surface area contributed by atoms with Gasteiger partial charge < -0.3 is 4.42 Å². The summed E-state index contributed by atoms with van der Waals surface area (Å²) in [7, 11) is 0. The van der Waals surface area contributed by atoms with Crippen LogP contribution in [0.1, 0.15) is 25.5 Å². The van der Waals surface area contributed by atoms with Gasteiger partial charge in [-0.05, 0) is 12.0 Å². The molecule has 0 amide bonds. The highest BCUT2D eigenvalue weighted by molar-refractivity contribution is 5.66. The molecule has 2 aromatic heterocycles. The molecular weight excluding hydrogens is 154 g/mol. The van der Waals surface area contributed by atoms with E-state index in [9.17, 15) is 0 Å². The van der Waals surface area contributed by atoms with Gasteiger partial charge in [0.05, 0.1) is 5.69 Å². The molecule has 0 fully saturated rings. The maximum atomic E-state index is 4.97. The Morgan fingerprint density at radius 1 is 1.33 bits per heavy atom. The molecule has 2 rings (SSSR count). The third-order valence-electron chi connectivity index (χ3n) is 1.71. The lowest BCUT2D eigenvalue weighted by atomic mass is 10.1. The number of oxazole rings is 1. The van der Waals surface area contributed by atoms with Crippen LogP contribution >= 0.6 is 0 Å². The molecule has 0 aliphatic rings. The fourth-order valence-corrected chi connectivity index (χ4v) is 0.977. The molecule has 0 bridgehead atoms. The Morgan fingerprint density at radius 2 is 2.17 bits per heavy atom. The Bertz CT molecular complexity index is 394. The van der Waals surface area contributed by atoms with Gasteiger partial charge in [0.2, 0.25) is 0 Å². The normalized spacial score (nSPS) is 11.2. The van der Waals surface area contributed by atoms with Gasteiger partial charge in [0.15, 0.2) is 6.39 Å². The second-order valence-corrected chi connectivity index (χ2v) is 2.97. The summed E-state index contributed by atoms with van der Waals surface area (Å²) in [6.07, 6.45) is 1.38. The predicted octanol–water partition coefficient (Wildman–Crippen LogP) is 1.74. The number of rotatable bonds is 1. The van der Waals surface area contributed by atoms with Gasteiger partial charge in [-0.1, -0.05) is 13.8 Å². The molecule has 0 aliphatic heterocycles. The maximum Gasteiger partial charge on any atom is 0.266 e. The van der Waals surface area contributed by atoms with E-state index in [2.05, 4.69) is 29.0 Å². The zero-order chi connectivity index (χ0) is 8.55. The minimum atomic E-state index is 0.374. The van der Waals surface area contributed by atoms with Crippen LogP contribution in [0.3, 0.4) is 0 Å². The molecule has 0 radical (unpaired) electrons. The summed E-state index contributed by atoms with van der Waals surface area (Å²) in [4.78, 5) is 3.99. The smallest absolute Gasteiger partial charge is 0.266 e. The van der Waals surface area contributed by atoms with Gasteiger partial charge in [-0.2, -0.15) is 5.10 Å². The Morgan fingerprint density at radius 3 is 2.92 bits per heavy atom. The van der Waals surface area contributed by atoms with Crippen molar-refractivity contribution in [2.75, 3.05) is 0 Å². The molecule has 0 aromatic carbocycles. The van der Waals surface area contributed by atoms with Crippen molar-refractivity contribution in [3.63, 3.8) is 0 Å². The summed E-state index contributed by atoms with van der Waals surface area (Å²) >= 11 is 0. The summed E-state index contributed by atoms with van der Waals surface area (Å²) in [5, 5.41) is 7.88. The second-order valence-electron chi connectivity index (χ2n) is 2.97. The zero-order valence-electron chi connectivity index (χ0n) is 6.98. The first kappa shape index (κ1) is 7.21. The van der Waals surface area contributed by atoms with E-state index in [4.69, 9.17) is 4.42 Å². The quantitative estimate of drug-likeness (QED) is 0.642. The van der Waals surface area contributed by atoms with E-state index in [1.165, 1.54) is 6.39 Å². The fourth-order valence-electron chi connectivity index (χ4n) is 0.977. The first-order valence-electron chi connectivity index (χ1n) is 3.84. The van der Waals surface area contributed by atoms with Crippen LogP contribution in [-0.4, -0.2) is 15.2 Å². The fraction of sp³-hybridized carbons (Fsp3) is 0.375. The molecule has 2 heterocycles. The lowest BCUT2D eigenvalue weighted by Gasteiger charge is -1.99. The van der Waals surface area contributed by atoms with Gasteiger partial charge in [0.25, 0.3) is 5.71 Å². The Kier molecular flexibility index (Phi) is 1.53. The average Bonchev–Trinajstić information content (AvgIpc) is 2.49. The summed E-state index contributed by atoms with van der Waals surface area (Å²) in [5.74, 6) is 0.374. The van der Waals surface area contributed by atoms with Crippen LogP contribution in [-0.2, 0) is 0 Å². The van der Waals surface area contributed by atoms with E-state index in [0.717, 1.165) is 11.2 Å². The molecule has 4 nitrogen and oxygen atoms in total. The molecule has 0 N–H and O–H groups in total. The molecule has 0 saturated carbocycles. The molecule has 0 unspecified atom stereocenters. The van der Waals surface area contributed by atoms with E-state index >= 15 is 0 Å². The number of fused-ring (bicyclic) bond motifs is 1. The monoisotopic (exact) mass is 163 g/mol. The zero-order valence-corrected chi connectivity index (χ0v) is 6.98. The second kappa shape index (κ2) is 2.55. The summed E-state index contributed by atoms with van der Waals surface area (Å²) in [6, 6.07) is 1.90. The minimum Gasteiger partial charge on any atom is -0.424 e. The van der Waals surface area contributed by atoms with Crippen LogP contribution < -0.4 is 0 Å². The van der Waals surface area contributed by atoms with Crippen LogP contribution in [0, 0.1) is 0 Å². The SMILES string of the molecule is CC(C)c1cc2ncoc2nn1. The molecule has 12 heavy (non-hydrogen) atoms. The Balaban J connectivity index is 2.60. The largest absolute Gasteiger partial charge is 0.424 e. The van der Waals surface area contributed by atoms with Crippen LogP contribution in [0.25, 0.3) is 11.2 Å². The molecule has 4 heteroatoms. The molecule has 0 atom stereocenters. The van der Waals surface area contributed by atoms with Crippen molar-refractivity contribution in [1.82, 2.24) is 15.2 Å². The van der Waals surface area contributed by atoms with Crippen LogP contribution in [0.4, 0.5) is 0 Å². The maximum absolute atomic E-state index is 4.97. The number of hydrogen-bond acceptors (Lipinski definition) is 4. The van der Waals surface area contributed by atoms with E-state index < -0.39 is 0 Å². The summed E-state index contributed by atoms with van der Waals surface area (Å²) in [5.41, 5.74) is 2.21. The molecule has 0 saturated heterocycles. The van der Waals surface area contributed by atoms with E-state index in [-0.39, 0.29) is 0 Å². The predicted molar refractivity (Wildman–Crippen MR) is 43.7 cm³/mol. The van der Waals surface area contributed by atoms with Gasteiger partial charge in [-0.15, -0.1) is 5.10 Å². The standard InChI is InChI=1S/C8H9N3O/c1-5(2)6-3-7-8(11-10-6)12-4-9-7/h3-5H,1-2H3. The minimum absolute atomic E-state index is 0.374. The van der Waals surface area contributed by atoms with Crippen LogP contribution in [0.5, 0.6) is 0 Å². The van der Waals surface area contributed by atoms with Gasteiger partial charge in [-0.25, -0.2) is 4.98 Å². The highest BCUT2D eigenvalue weighted by Gasteiger charge is 2.05. The lowest BCUT2D eigenvalue weighted by molar-refractivity contribution is 0.583. The summed E-state index contributed by atoms with van der Waals surface area (Å²) in [6.45, 7) is 4.13. The van der Waals surface area contributed by atoms with Gasteiger partial charge >= 0.3 is 0 Å². The third kappa shape index (κ3) is 1.05. The highest BCUT2D eigenvalue weighted by atomic mass is 16.3. The molecule has 2 aromatic rings. The van der Waals surface area contributed by atoms with Gasteiger partial charge in [-0.3, -0.25) is 0 Å². The van der Waals surface area contributed by atoms with Gasteiger partial charge in [0.1, 0.15) is 5.52 Å². The van der Waals surface area contributed by atoms with Crippen molar-refractivity contribution >= 4 is 11.2 Å².